The molecule has 0 radical (unpaired) electrons. The molecule has 2 aliphatic heterocycles. The topological polar surface area (TPSA) is 138 Å². The molecule has 34 heavy (non-hydrogen) atoms. The molecule has 10 heteroatoms. The summed E-state index contributed by atoms with van der Waals surface area (Å²) in [5.74, 6) is -4.48. The highest BCUT2D eigenvalue weighted by molar-refractivity contribution is 5.91. The smallest absolute Gasteiger partial charge is 0.334 e. The summed E-state index contributed by atoms with van der Waals surface area (Å²) in [6, 6.07) is 0. The monoisotopic (exact) mass is 482 g/mol. The lowest BCUT2D eigenvalue weighted by Crippen LogP contribution is -2.55. The van der Waals surface area contributed by atoms with E-state index >= 15 is 0 Å². The Kier molecular flexibility index (Phi) is 7.43. The van der Waals surface area contributed by atoms with Gasteiger partial charge < -0.3 is 28.8 Å². The van der Waals surface area contributed by atoms with Crippen molar-refractivity contribution in [1.29, 1.82) is 0 Å². The molecule has 3 rings (SSSR count). The number of hydrogen-bond donors (Lipinski definition) is 1. The Hall–Kier alpha value is -2.46. The predicted molar refractivity (Wildman–Crippen MR) is 116 cm³/mol. The number of ether oxygens (including phenoxy) is 5. The molecule has 0 aromatic rings. The van der Waals surface area contributed by atoms with Crippen molar-refractivity contribution < 1.29 is 48.0 Å². The summed E-state index contributed by atoms with van der Waals surface area (Å²) < 4.78 is 28.5. The van der Waals surface area contributed by atoms with Gasteiger partial charge >= 0.3 is 23.9 Å². The van der Waals surface area contributed by atoms with E-state index in [0.717, 1.165) is 0 Å². The Labute approximate surface area is 198 Å². The van der Waals surface area contributed by atoms with Crippen LogP contribution < -0.4 is 0 Å². The SMILES string of the molecule is C=C1C(=O)OC2C1C(OC(=O)C(C)CC)C(OC(C)=O)C(C)CC(O)C1OC1(C)C2OC(C)=O. The number of rotatable bonds is 5. The van der Waals surface area contributed by atoms with Crippen molar-refractivity contribution in [3.8, 4) is 0 Å². The molecule has 0 aromatic heterocycles. The maximum atomic E-state index is 12.9. The first-order chi connectivity index (χ1) is 15.8. The van der Waals surface area contributed by atoms with Gasteiger partial charge in [0.1, 0.15) is 23.9 Å². The van der Waals surface area contributed by atoms with Crippen molar-refractivity contribution in [2.45, 2.75) is 96.6 Å². The lowest BCUT2D eigenvalue weighted by atomic mass is 9.76. The van der Waals surface area contributed by atoms with E-state index in [1.807, 2.05) is 6.92 Å². The minimum absolute atomic E-state index is 0.00961. The fourth-order valence-corrected chi connectivity index (χ4v) is 4.96. The summed E-state index contributed by atoms with van der Waals surface area (Å²) in [6.07, 6.45) is -5.51. The third kappa shape index (κ3) is 4.84. The normalized spacial score (nSPS) is 40.2. The molecule has 3 fully saturated rings. The van der Waals surface area contributed by atoms with E-state index in [2.05, 4.69) is 6.58 Å². The van der Waals surface area contributed by atoms with Crippen LogP contribution in [-0.2, 0) is 42.9 Å². The van der Waals surface area contributed by atoms with Crippen molar-refractivity contribution in [2.24, 2.45) is 17.8 Å². The van der Waals surface area contributed by atoms with Crippen LogP contribution in [0, 0.1) is 17.8 Å². The minimum Gasteiger partial charge on any atom is -0.458 e. The van der Waals surface area contributed by atoms with Gasteiger partial charge in [-0.1, -0.05) is 27.4 Å². The largest absolute Gasteiger partial charge is 0.458 e. The van der Waals surface area contributed by atoms with Crippen LogP contribution in [0.4, 0.5) is 0 Å². The van der Waals surface area contributed by atoms with E-state index in [0.29, 0.717) is 6.42 Å². The van der Waals surface area contributed by atoms with Crippen LogP contribution in [-0.4, -0.2) is 71.2 Å². The standard InChI is InChI=1S/C24H34O10/c1-8-10(2)22(28)32-18-16-12(4)23(29)33-19(16)21(31-14(6)26)24(7)20(34-24)15(27)9-11(3)17(18)30-13(5)25/h10-11,15-21,27H,4,8-9H2,1-3,5-7H3. The number of carbonyl (C=O) groups excluding carboxylic acids is 4. The summed E-state index contributed by atoms with van der Waals surface area (Å²) in [5, 5.41) is 10.9. The highest BCUT2D eigenvalue weighted by Gasteiger charge is 2.69. The van der Waals surface area contributed by atoms with Crippen LogP contribution in [0.15, 0.2) is 12.2 Å². The summed E-state index contributed by atoms with van der Waals surface area (Å²) >= 11 is 0. The maximum absolute atomic E-state index is 12.9. The molecular formula is C24H34O10. The van der Waals surface area contributed by atoms with E-state index in [-0.39, 0.29) is 12.0 Å². The predicted octanol–water partition coefficient (Wildman–Crippen LogP) is 1.46. The molecule has 0 spiro atoms. The van der Waals surface area contributed by atoms with Gasteiger partial charge in [-0.25, -0.2) is 4.79 Å². The average molecular weight is 483 g/mol. The highest BCUT2D eigenvalue weighted by atomic mass is 16.7. The molecule has 10 unspecified atom stereocenters. The first kappa shape index (κ1) is 26.2. The number of aliphatic hydroxyl groups excluding tert-OH is 1. The Balaban J connectivity index is 2.15. The zero-order valence-corrected chi connectivity index (χ0v) is 20.4. The Morgan fingerprint density at radius 1 is 1.18 bits per heavy atom. The van der Waals surface area contributed by atoms with Gasteiger partial charge in [0.2, 0.25) is 0 Å². The molecule has 10 nitrogen and oxygen atoms in total. The first-order valence-electron chi connectivity index (χ1n) is 11.6. The fraction of sp³-hybridized carbons (Fsp3) is 0.750. The van der Waals surface area contributed by atoms with E-state index in [1.165, 1.54) is 13.8 Å². The molecule has 1 N–H and O–H groups in total. The zero-order chi connectivity index (χ0) is 25.5. The molecule has 2 saturated heterocycles. The van der Waals surface area contributed by atoms with E-state index in [1.54, 1.807) is 20.8 Å². The summed E-state index contributed by atoms with van der Waals surface area (Å²) in [4.78, 5) is 49.6. The minimum atomic E-state index is -1.17. The summed E-state index contributed by atoms with van der Waals surface area (Å²) in [6.45, 7) is 13.2. The third-order valence-electron chi connectivity index (χ3n) is 7.08. The average Bonchev–Trinajstić information content (AvgIpc) is 3.36. The Bertz CT molecular complexity index is 868. The Morgan fingerprint density at radius 2 is 1.79 bits per heavy atom. The fourth-order valence-electron chi connectivity index (χ4n) is 4.96. The number of esters is 4. The van der Waals surface area contributed by atoms with Gasteiger partial charge in [0.05, 0.1) is 17.9 Å². The molecule has 0 bridgehead atoms. The molecular weight excluding hydrogens is 448 g/mol. The van der Waals surface area contributed by atoms with Crippen LogP contribution >= 0.6 is 0 Å². The number of aliphatic hydroxyl groups is 1. The van der Waals surface area contributed by atoms with Crippen LogP contribution in [0.1, 0.15) is 54.4 Å². The van der Waals surface area contributed by atoms with Gasteiger partial charge in [-0.15, -0.1) is 0 Å². The van der Waals surface area contributed by atoms with Gasteiger partial charge in [0, 0.05) is 19.4 Å². The van der Waals surface area contributed by atoms with Gasteiger partial charge in [0.15, 0.2) is 12.2 Å². The van der Waals surface area contributed by atoms with E-state index in [9.17, 15) is 24.3 Å². The van der Waals surface area contributed by atoms with Crippen molar-refractivity contribution in [1.82, 2.24) is 0 Å². The summed E-state index contributed by atoms with van der Waals surface area (Å²) in [7, 11) is 0. The number of hydrogen-bond acceptors (Lipinski definition) is 10. The molecule has 10 atom stereocenters. The number of epoxide rings is 1. The third-order valence-corrected chi connectivity index (χ3v) is 7.08. The summed E-state index contributed by atoms with van der Waals surface area (Å²) in [5.41, 5.74) is -1.13. The molecule has 2 heterocycles. The maximum Gasteiger partial charge on any atom is 0.334 e. The molecule has 3 aliphatic rings. The van der Waals surface area contributed by atoms with Gasteiger partial charge in [-0.2, -0.15) is 0 Å². The van der Waals surface area contributed by atoms with Gasteiger partial charge in [-0.3, -0.25) is 14.4 Å². The number of carbonyl (C=O) groups is 4. The Morgan fingerprint density at radius 3 is 2.35 bits per heavy atom. The highest BCUT2D eigenvalue weighted by Crippen LogP contribution is 2.51. The molecule has 1 aliphatic carbocycles. The second kappa shape index (κ2) is 9.65. The molecule has 190 valence electrons. The van der Waals surface area contributed by atoms with E-state index in [4.69, 9.17) is 23.7 Å². The van der Waals surface area contributed by atoms with Crippen molar-refractivity contribution in [3.05, 3.63) is 12.2 Å². The van der Waals surface area contributed by atoms with Gasteiger partial charge in [0.25, 0.3) is 0 Å². The van der Waals surface area contributed by atoms with Crippen molar-refractivity contribution >= 4 is 23.9 Å². The van der Waals surface area contributed by atoms with Gasteiger partial charge in [-0.05, 0) is 25.7 Å². The van der Waals surface area contributed by atoms with Crippen LogP contribution in [0.3, 0.4) is 0 Å². The van der Waals surface area contributed by atoms with Crippen molar-refractivity contribution in [3.63, 3.8) is 0 Å². The molecule has 0 amide bonds. The van der Waals surface area contributed by atoms with Crippen LogP contribution in [0.5, 0.6) is 0 Å². The van der Waals surface area contributed by atoms with E-state index < -0.39 is 83.9 Å². The zero-order valence-electron chi connectivity index (χ0n) is 20.4. The molecule has 0 aromatic carbocycles. The first-order valence-corrected chi connectivity index (χ1v) is 11.6. The van der Waals surface area contributed by atoms with Crippen LogP contribution in [0.2, 0.25) is 0 Å². The lowest BCUT2D eigenvalue weighted by Gasteiger charge is -2.39. The second-order valence-corrected chi connectivity index (χ2v) is 9.74. The molecule has 1 saturated carbocycles. The number of fused-ring (bicyclic) bond motifs is 2. The lowest BCUT2D eigenvalue weighted by molar-refractivity contribution is -0.188. The second-order valence-electron chi connectivity index (χ2n) is 9.74. The van der Waals surface area contributed by atoms with Crippen LogP contribution in [0.25, 0.3) is 0 Å². The quantitative estimate of drug-likeness (QED) is 0.265. The van der Waals surface area contributed by atoms with Crippen molar-refractivity contribution in [2.75, 3.05) is 0 Å².